The summed E-state index contributed by atoms with van der Waals surface area (Å²) in [5.74, 6) is -0.726. The summed E-state index contributed by atoms with van der Waals surface area (Å²) >= 11 is 5.67. The highest BCUT2D eigenvalue weighted by Crippen LogP contribution is 2.39. The highest BCUT2D eigenvalue weighted by atomic mass is 32.1. The Hall–Kier alpha value is -3.26. The lowest BCUT2D eigenvalue weighted by Crippen LogP contribution is -2.32. The van der Waals surface area contributed by atoms with Gasteiger partial charge >= 0.3 is 0 Å². The van der Waals surface area contributed by atoms with Crippen molar-refractivity contribution in [3.05, 3.63) is 84.2 Å². The fraction of sp³-hybridized carbons (Fsp3) is 0.320. The van der Waals surface area contributed by atoms with Gasteiger partial charge in [-0.1, -0.05) is 18.2 Å². The Balaban J connectivity index is 1.57. The molecule has 1 aromatic carbocycles. The van der Waals surface area contributed by atoms with Crippen LogP contribution >= 0.6 is 12.2 Å². The maximum atomic E-state index is 13.9. The minimum absolute atomic E-state index is 0.0598. The van der Waals surface area contributed by atoms with Gasteiger partial charge in [-0.2, -0.15) is 0 Å². The van der Waals surface area contributed by atoms with Gasteiger partial charge in [-0.3, -0.25) is 9.78 Å². The van der Waals surface area contributed by atoms with Crippen molar-refractivity contribution in [1.29, 1.82) is 0 Å². The molecule has 0 aliphatic carbocycles. The predicted molar refractivity (Wildman–Crippen MR) is 131 cm³/mol. The fourth-order valence-electron chi connectivity index (χ4n) is 4.01. The number of nitrogens with zero attached hydrogens (tertiary/aromatic N) is 3. The largest absolute Gasteiger partial charge is 0.352 e. The van der Waals surface area contributed by atoms with Crippen LogP contribution in [0.15, 0.2) is 67.1 Å². The third-order valence-electron chi connectivity index (χ3n) is 5.76. The Kier molecular flexibility index (Phi) is 6.47. The Morgan fingerprint density at radius 2 is 1.94 bits per heavy atom. The molecular formula is C25H28FN5OS. The van der Waals surface area contributed by atoms with Crippen molar-refractivity contribution in [1.82, 2.24) is 19.8 Å². The summed E-state index contributed by atoms with van der Waals surface area (Å²) in [5.41, 5.74) is 2.08. The zero-order valence-electron chi connectivity index (χ0n) is 19.0. The number of hydrogen-bond acceptors (Lipinski definition) is 3. The van der Waals surface area contributed by atoms with Gasteiger partial charge in [0.15, 0.2) is 5.11 Å². The summed E-state index contributed by atoms with van der Waals surface area (Å²) in [4.78, 5) is 19.1. The fourth-order valence-corrected chi connectivity index (χ4v) is 4.34. The lowest BCUT2D eigenvalue weighted by Gasteiger charge is -2.27. The topological polar surface area (TPSA) is 62.2 Å². The van der Waals surface area contributed by atoms with E-state index in [1.165, 1.54) is 6.07 Å². The second kappa shape index (κ2) is 9.31. The monoisotopic (exact) mass is 465 g/mol. The Morgan fingerprint density at radius 3 is 2.61 bits per heavy atom. The molecule has 2 N–H and O–H groups in total. The number of hydrogen-bond donors (Lipinski definition) is 2. The van der Waals surface area contributed by atoms with Crippen LogP contribution in [0.4, 0.5) is 10.1 Å². The number of para-hydroxylation sites is 1. The van der Waals surface area contributed by atoms with Crippen LogP contribution in [0.25, 0.3) is 0 Å². The van der Waals surface area contributed by atoms with Gasteiger partial charge in [0, 0.05) is 37.1 Å². The van der Waals surface area contributed by atoms with Crippen LogP contribution in [0, 0.1) is 5.82 Å². The maximum absolute atomic E-state index is 13.9. The van der Waals surface area contributed by atoms with Gasteiger partial charge in [0.05, 0.1) is 23.5 Å². The van der Waals surface area contributed by atoms with Crippen LogP contribution in [0.1, 0.15) is 50.5 Å². The number of carbonyl (C=O) groups excluding carboxylic acids is 1. The van der Waals surface area contributed by atoms with Gasteiger partial charge in [0.1, 0.15) is 5.82 Å². The SMILES string of the molecule is CC(C)(C)n1ccc([C@H]2[C@@H](c3ccccn3)NC(=S)N2CCC(=O)Nc2ccccc2F)c1. The molecule has 4 rings (SSSR count). The van der Waals surface area contributed by atoms with Crippen LogP contribution < -0.4 is 10.6 Å². The number of anilines is 1. The first-order valence-corrected chi connectivity index (χ1v) is 11.4. The third-order valence-corrected chi connectivity index (χ3v) is 6.11. The van der Waals surface area contributed by atoms with Gasteiger partial charge in [-0.05, 0) is 68.9 Å². The van der Waals surface area contributed by atoms with Crippen LogP contribution in [-0.4, -0.2) is 32.0 Å². The minimum atomic E-state index is -0.458. The molecule has 172 valence electrons. The first kappa shape index (κ1) is 22.9. The predicted octanol–water partition coefficient (Wildman–Crippen LogP) is 4.78. The van der Waals surface area contributed by atoms with Crippen molar-refractivity contribution in [2.24, 2.45) is 0 Å². The second-order valence-electron chi connectivity index (χ2n) is 9.12. The van der Waals surface area contributed by atoms with E-state index in [9.17, 15) is 9.18 Å². The lowest BCUT2D eigenvalue weighted by molar-refractivity contribution is -0.116. The second-order valence-corrected chi connectivity index (χ2v) is 9.51. The molecule has 1 fully saturated rings. The first-order chi connectivity index (χ1) is 15.7. The van der Waals surface area contributed by atoms with Crippen molar-refractivity contribution in [3.63, 3.8) is 0 Å². The molecule has 0 saturated carbocycles. The van der Waals surface area contributed by atoms with Crippen molar-refractivity contribution in [3.8, 4) is 0 Å². The summed E-state index contributed by atoms with van der Waals surface area (Å²) in [7, 11) is 0. The van der Waals surface area contributed by atoms with Crippen molar-refractivity contribution in [2.45, 2.75) is 44.8 Å². The van der Waals surface area contributed by atoms with E-state index in [0.717, 1.165) is 11.3 Å². The molecule has 33 heavy (non-hydrogen) atoms. The lowest BCUT2D eigenvalue weighted by atomic mass is 9.99. The number of halogens is 1. The van der Waals surface area contributed by atoms with E-state index in [0.29, 0.717) is 11.7 Å². The van der Waals surface area contributed by atoms with Crippen molar-refractivity contribution in [2.75, 3.05) is 11.9 Å². The molecule has 2 aromatic heterocycles. The number of benzene rings is 1. The van der Waals surface area contributed by atoms with E-state index in [-0.39, 0.29) is 35.6 Å². The van der Waals surface area contributed by atoms with Crippen molar-refractivity contribution < 1.29 is 9.18 Å². The molecule has 1 saturated heterocycles. The summed E-state index contributed by atoms with van der Waals surface area (Å²) in [6, 6.07) is 13.8. The molecule has 1 aliphatic rings. The zero-order valence-corrected chi connectivity index (χ0v) is 19.8. The standard InChI is InChI=1S/C25H28FN5OS/c1-25(2,3)30-14-11-17(16-30)23-22(20-10-6-7-13-27-20)29-24(33)31(23)15-12-21(32)28-19-9-5-4-8-18(19)26/h4-11,13-14,16,22-23H,12,15H2,1-3H3,(H,28,32)(H,29,33)/t22-,23+/m1/s1. The van der Waals surface area contributed by atoms with Crippen LogP contribution in [-0.2, 0) is 10.3 Å². The van der Waals surface area contributed by atoms with Crippen LogP contribution in [0.2, 0.25) is 0 Å². The van der Waals surface area contributed by atoms with Crippen LogP contribution in [0.3, 0.4) is 0 Å². The van der Waals surface area contributed by atoms with Crippen molar-refractivity contribution >= 4 is 28.9 Å². The summed E-state index contributed by atoms with van der Waals surface area (Å²) in [5, 5.41) is 6.61. The quantitative estimate of drug-likeness (QED) is 0.513. The molecule has 0 bridgehead atoms. The molecule has 3 aromatic rings. The molecule has 3 heterocycles. The number of aromatic nitrogens is 2. The number of carbonyl (C=O) groups is 1. The van der Waals surface area contributed by atoms with Crippen LogP contribution in [0.5, 0.6) is 0 Å². The summed E-state index contributed by atoms with van der Waals surface area (Å²) in [6.07, 6.45) is 6.13. The summed E-state index contributed by atoms with van der Waals surface area (Å²) < 4.78 is 16.1. The van der Waals surface area contributed by atoms with E-state index >= 15 is 0 Å². The number of thiocarbonyl (C=S) groups is 1. The van der Waals surface area contributed by atoms with E-state index in [1.54, 1.807) is 24.4 Å². The minimum Gasteiger partial charge on any atom is -0.352 e. The molecule has 1 amide bonds. The Bertz CT molecular complexity index is 1140. The highest BCUT2D eigenvalue weighted by Gasteiger charge is 2.40. The molecule has 0 spiro atoms. The molecule has 8 heteroatoms. The number of nitrogens with one attached hydrogen (secondary N) is 2. The van der Waals surface area contributed by atoms with E-state index in [2.05, 4.69) is 59.4 Å². The maximum Gasteiger partial charge on any atom is 0.226 e. The van der Waals surface area contributed by atoms with Gasteiger partial charge in [0.25, 0.3) is 0 Å². The van der Waals surface area contributed by atoms with Gasteiger partial charge in [-0.15, -0.1) is 0 Å². The molecule has 2 atom stereocenters. The number of amides is 1. The van der Waals surface area contributed by atoms with Gasteiger partial charge in [0.2, 0.25) is 5.91 Å². The van der Waals surface area contributed by atoms with E-state index < -0.39 is 5.82 Å². The molecule has 0 unspecified atom stereocenters. The molecule has 6 nitrogen and oxygen atoms in total. The average molecular weight is 466 g/mol. The average Bonchev–Trinajstić information content (AvgIpc) is 3.39. The number of pyridine rings is 1. The third kappa shape index (κ3) is 5.06. The smallest absolute Gasteiger partial charge is 0.226 e. The van der Waals surface area contributed by atoms with Gasteiger partial charge < -0.3 is 20.1 Å². The summed E-state index contributed by atoms with van der Waals surface area (Å²) in [6.45, 7) is 6.83. The highest BCUT2D eigenvalue weighted by molar-refractivity contribution is 7.80. The zero-order chi connectivity index (χ0) is 23.6. The Labute approximate surface area is 198 Å². The number of rotatable bonds is 6. The molecular weight excluding hydrogens is 437 g/mol. The Morgan fingerprint density at radius 1 is 1.18 bits per heavy atom. The molecule has 1 aliphatic heterocycles. The van der Waals surface area contributed by atoms with E-state index in [4.69, 9.17) is 12.2 Å². The normalized spacial score (nSPS) is 18.3. The van der Waals surface area contributed by atoms with Gasteiger partial charge in [-0.25, -0.2) is 4.39 Å². The molecule has 0 radical (unpaired) electrons. The first-order valence-electron chi connectivity index (χ1n) is 10.9. The van der Waals surface area contributed by atoms with E-state index in [1.807, 2.05) is 23.1 Å².